The first-order valence-electron chi connectivity index (χ1n) is 10.7. The van der Waals surface area contributed by atoms with E-state index in [9.17, 15) is 0 Å². The summed E-state index contributed by atoms with van der Waals surface area (Å²) in [6.07, 6.45) is 3.45. The van der Waals surface area contributed by atoms with Crippen molar-refractivity contribution in [1.82, 2.24) is 0 Å². The highest BCUT2D eigenvalue weighted by atomic mass is 14.3. The fourth-order valence-electron chi connectivity index (χ4n) is 4.34. The second kappa shape index (κ2) is 7.02. The Kier molecular flexibility index (Phi) is 4.77. The summed E-state index contributed by atoms with van der Waals surface area (Å²) < 4.78 is 0. The van der Waals surface area contributed by atoms with E-state index >= 15 is 0 Å². The molecule has 0 fully saturated rings. The van der Waals surface area contributed by atoms with Crippen LogP contribution in [0.3, 0.4) is 0 Å². The molecular formula is C29H32. The number of hydrogen-bond acceptors (Lipinski definition) is 0. The molecule has 29 heavy (non-hydrogen) atoms. The van der Waals surface area contributed by atoms with Gasteiger partial charge in [-0.1, -0.05) is 108 Å². The van der Waals surface area contributed by atoms with Crippen molar-refractivity contribution >= 4 is 11.6 Å². The highest BCUT2D eigenvalue weighted by Crippen LogP contribution is 2.41. The topological polar surface area (TPSA) is 0 Å². The predicted molar refractivity (Wildman–Crippen MR) is 127 cm³/mol. The predicted octanol–water partition coefficient (Wildman–Crippen LogP) is 8.05. The van der Waals surface area contributed by atoms with E-state index in [2.05, 4.69) is 114 Å². The van der Waals surface area contributed by atoms with E-state index in [1.807, 2.05) is 0 Å². The lowest BCUT2D eigenvalue weighted by atomic mass is 9.77. The second-order valence-electron chi connectivity index (χ2n) is 10.4. The zero-order chi connectivity index (χ0) is 20.8. The Labute approximate surface area is 176 Å². The molecule has 0 saturated carbocycles. The molecular weight excluding hydrogens is 348 g/mol. The van der Waals surface area contributed by atoms with Crippen LogP contribution >= 0.6 is 0 Å². The molecule has 0 amide bonds. The molecule has 0 radical (unpaired) electrons. The molecule has 1 aliphatic carbocycles. The minimum absolute atomic E-state index is 0.115. The molecule has 0 spiro atoms. The van der Waals surface area contributed by atoms with Gasteiger partial charge in [-0.25, -0.2) is 0 Å². The van der Waals surface area contributed by atoms with Gasteiger partial charge in [0.1, 0.15) is 0 Å². The molecule has 0 heterocycles. The smallest absolute Gasteiger partial charge is 0.00133 e. The first-order chi connectivity index (χ1) is 13.6. The molecule has 0 unspecified atom stereocenters. The van der Waals surface area contributed by atoms with Gasteiger partial charge in [0.15, 0.2) is 0 Å². The SMILES string of the molecule is CC(C)(C)c1ccc(C(C)(C)C)c(C2=Cc3c(cccc3-c3ccccc3)C2)c1. The number of benzene rings is 3. The number of fused-ring (bicyclic) bond motifs is 1. The van der Waals surface area contributed by atoms with Crippen molar-refractivity contribution in [3.63, 3.8) is 0 Å². The summed E-state index contributed by atoms with van der Waals surface area (Å²) in [6.45, 7) is 13.9. The average Bonchev–Trinajstić information content (AvgIpc) is 3.11. The van der Waals surface area contributed by atoms with Gasteiger partial charge in [-0.15, -0.1) is 0 Å². The Hall–Kier alpha value is -2.60. The summed E-state index contributed by atoms with van der Waals surface area (Å²) >= 11 is 0. The van der Waals surface area contributed by atoms with Crippen molar-refractivity contribution in [2.45, 2.75) is 58.8 Å². The number of rotatable bonds is 2. The van der Waals surface area contributed by atoms with Crippen LogP contribution in [0.4, 0.5) is 0 Å². The zero-order valence-corrected chi connectivity index (χ0v) is 18.6. The van der Waals surface area contributed by atoms with Crippen LogP contribution in [0.2, 0.25) is 0 Å². The molecule has 0 saturated heterocycles. The maximum absolute atomic E-state index is 2.44. The van der Waals surface area contributed by atoms with Gasteiger partial charge >= 0.3 is 0 Å². The van der Waals surface area contributed by atoms with E-state index < -0.39 is 0 Å². The molecule has 0 heteroatoms. The van der Waals surface area contributed by atoms with Crippen LogP contribution in [0.5, 0.6) is 0 Å². The minimum Gasteiger partial charge on any atom is -0.0622 e. The summed E-state index contributed by atoms with van der Waals surface area (Å²) in [7, 11) is 0. The van der Waals surface area contributed by atoms with Crippen molar-refractivity contribution in [3.8, 4) is 11.1 Å². The van der Waals surface area contributed by atoms with Crippen molar-refractivity contribution in [1.29, 1.82) is 0 Å². The normalized spacial score (nSPS) is 13.9. The van der Waals surface area contributed by atoms with Gasteiger partial charge in [-0.05, 0) is 67.8 Å². The zero-order valence-electron chi connectivity index (χ0n) is 18.6. The molecule has 148 valence electrons. The van der Waals surface area contributed by atoms with Crippen LogP contribution in [0, 0.1) is 0 Å². The molecule has 0 aromatic heterocycles. The Morgan fingerprint density at radius 2 is 1.38 bits per heavy atom. The van der Waals surface area contributed by atoms with E-state index in [1.54, 1.807) is 0 Å². The summed E-state index contributed by atoms with van der Waals surface area (Å²) in [6, 6.07) is 24.6. The van der Waals surface area contributed by atoms with Crippen LogP contribution in [0.1, 0.15) is 69.4 Å². The van der Waals surface area contributed by atoms with Crippen LogP contribution in [0.15, 0.2) is 66.7 Å². The van der Waals surface area contributed by atoms with Crippen LogP contribution in [-0.4, -0.2) is 0 Å². The summed E-state index contributed by atoms with van der Waals surface area (Å²) in [4.78, 5) is 0. The van der Waals surface area contributed by atoms with Crippen molar-refractivity contribution in [2.75, 3.05) is 0 Å². The standard InChI is InChI=1S/C29H32/c1-28(2,3)23-15-16-27(29(4,5)6)26(19-23)22-17-21-13-10-14-24(25(21)18-22)20-11-8-7-9-12-20/h7-16,18-19H,17H2,1-6H3. The van der Waals surface area contributed by atoms with E-state index in [0.29, 0.717) is 0 Å². The van der Waals surface area contributed by atoms with E-state index in [1.165, 1.54) is 44.5 Å². The monoisotopic (exact) mass is 380 g/mol. The largest absolute Gasteiger partial charge is 0.0622 e. The number of hydrogen-bond donors (Lipinski definition) is 0. The summed E-state index contributed by atoms with van der Waals surface area (Å²) in [5.74, 6) is 0. The minimum atomic E-state index is 0.115. The third-order valence-corrected chi connectivity index (χ3v) is 6.02. The van der Waals surface area contributed by atoms with Crippen LogP contribution in [0.25, 0.3) is 22.8 Å². The van der Waals surface area contributed by atoms with Crippen LogP contribution in [-0.2, 0) is 17.3 Å². The second-order valence-corrected chi connectivity index (χ2v) is 10.4. The summed E-state index contributed by atoms with van der Waals surface area (Å²) in [5.41, 5.74) is 11.4. The average molecular weight is 381 g/mol. The molecule has 0 aliphatic heterocycles. The molecule has 0 atom stereocenters. The van der Waals surface area contributed by atoms with Gasteiger partial charge in [0.2, 0.25) is 0 Å². The van der Waals surface area contributed by atoms with Gasteiger partial charge in [0.25, 0.3) is 0 Å². The van der Waals surface area contributed by atoms with Gasteiger partial charge < -0.3 is 0 Å². The fourth-order valence-corrected chi connectivity index (χ4v) is 4.34. The molecule has 0 N–H and O–H groups in total. The van der Waals surface area contributed by atoms with Gasteiger partial charge in [0, 0.05) is 0 Å². The lowest BCUT2D eigenvalue weighted by Gasteiger charge is -2.27. The summed E-state index contributed by atoms with van der Waals surface area (Å²) in [5, 5.41) is 0. The first kappa shape index (κ1) is 19.7. The molecule has 3 aromatic rings. The molecule has 4 rings (SSSR count). The quantitative estimate of drug-likeness (QED) is 0.422. The third kappa shape index (κ3) is 3.81. The van der Waals surface area contributed by atoms with Gasteiger partial charge in [-0.3, -0.25) is 0 Å². The molecule has 3 aromatic carbocycles. The van der Waals surface area contributed by atoms with Crippen molar-refractivity contribution < 1.29 is 0 Å². The molecule has 0 nitrogen and oxygen atoms in total. The lowest BCUT2D eigenvalue weighted by molar-refractivity contribution is 0.575. The highest BCUT2D eigenvalue weighted by molar-refractivity contribution is 5.94. The third-order valence-electron chi connectivity index (χ3n) is 6.02. The lowest BCUT2D eigenvalue weighted by Crippen LogP contribution is -2.17. The maximum Gasteiger partial charge on any atom is -0.00133 e. The fraction of sp³-hybridized carbons (Fsp3) is 0.310. The van der Waals surface area contributed by atoms with Crippen LogP contribution < -0.4 is 0 Å². The van der Waals surface area contributed by atoms with E-state index in [4.69, 9.17) is 0 Å². The first-order valence-corrected chi connectivity index (χ1v) is 10.7. The number of allylic oxidation sites excluding steroid dienone is 1. The van der Waals surface area contributed by atoms with Gasteiger partial charge in [-0.2, -0.15) is 0 Å². The Balaban J connectivity index is 1.87. The van der Waals surface area contributed by atoms with Crippen molar-refractivity contribution in [3.05, 3.63) is 94.5 Å². The highest BCUT2D eigenvalue weighted by Gasteiger charge is 2.26. The maximum atomic E-state index is 2.44. The Morgan fingerprint density at radius 3 is 2.03 bits per heavy atom. The Bertz CT molecular complexity index is 1070. The molecule has 0 bridgehead atoms. The van der Waals surface area contributed by atoms with Gasteiger partial charge in [0.05, 0.1) is 0 Å². The van der Waals surface area contributed by atoms with E-state index in [-0.39, 0.29) is 10.8 Å². The molecule has 1 aliphatic rings. The van der Waals surface area contributed by atoms with Crippen molar-refractivity contribution in [2.24, 2.45) is 0 Å². The van der Waals surface area contributed by atoms with E-state index in [0.717, 1.165) is 6.42 Å². The Morgan fingerprint density at radius 1 is 0.655 bits per heavy atom.